The zero-order chi connectivity index (χ0) is 11.6. The van der Waals surface area contributed by atoms with E-state index < -0.39 is 7.60 Å². The highest BCUT2D eigenvalue weighted by atomic mass is 127. The van der Waals surface area contributed by atoms with Crippen LogP contribution >= 0.6 is 30.2 Å². The van der Waals surface area contributed by atoms with E-state index in [0.29, 0.717) is 19.4 Å². The molecule has 0 saturated heterocycles. The third-order valence-corrected chi connectivity index (χ3v) is 4.90. The van der Waals surface area contributed by atoms with E-state index in [1.807, 2.05) is 13.8 Å². The van der Waals surface area contributed by atoms with Crippen LogP contribution in [-0.4, -0.2) is 23.8 Å². The van der Waals surface area contributed by atoms with Crippen LogP contribution in [0.15, 0.2) is 0 Å². The van der Waals surface area contributed by atoms with Crippen LogP contribution < -0.4 is 0 Å². The molecule has 3 nitrogen and oxygen atoms in total. The van der Waals surface area contributed by atoms with E-state index in [1.165, 1.54) is 17.3 Å². The lowest BCUT2D eigenvalue weighted by atomic mass is 10.2. The smallest absolute Gasteiger partial charge is 0.309 e. The van der Waals surface area contributed by atoms with Crippen molar-refractivity contribution in [3.8, 4) is 0 Å². The van der Waals surface area contributed by atoms with Gasteiger partial charge >= 0.3 is 7.60 Å². The van der Waals surface area contributed by atoms with Crippen molar-refractivity contribution in [1.82, 2.24) is 0 Å². The zero-order valence-corrected chi connectivity index (χ0v) is 12.8. The summed E-state index contributed by atoms with van der Waals surface area (Å²) >= 11 is 2.38. The molecule has 0 N–H and O–H groups in total. The summed E-state index contributed by atoms with van der Waals surface area (Å²) in [4.78, 5) is 0. The molecule has 0 unspecified atom stereocenters. The number of halogens is 1. The molecule has 15 heavy (non-hydrogen) atoms. The molecule has 0 aromatic rings. The van der Waals surface area contributed by atoms with Crippen molar-refractivity contribution in [2.75, 3.05) is 23.8 Å². The lowest BCUT2D eigenvalue weighted by Crippen LogP contribution is -2.00. The number of rotatable bonds is 10. The monoisotopic (exact) mass is 348 g/mol. The van der Waals surface area contributed by atoms with Gasteiger partial charge in [0.2, 0.25) is 0 Å². The molecule has 0 aromatic heterocycles. The minimum absolute atomic E-state index is 0.463. The molecule has 5 heteroatoms. The van der Waals surface area contributed by atoms with Crippen molar-refractivity contribution in [3.05, 3.63) is 0 Å². The maximum absolute atomic E-state index is 12.0. The Kier molecular flexibility index (Phi) is 10.7. The maximum Gasteiger partial charge on any atom is 0.330 e. The molecule has 0 amide bonds. The molecule has 0 aromatic carbocycles. The van der Waals surface area contributed by atoms with Crippen LogP contribution in [0.2, 0.25) is 0 Å². The first-order chi connectivity index (χ1) is 7.18. The van der Waals surface area contributed by atoms with Crippen molar-refractivity contribution >= 4 is 30.2 Å². The standard InChI is InChI=1S/C10H22IO3P/c1-3-13-15(12,14-4-2)10-8-6-5-7-9-11/h3-10H2,1-2H3. The quantitative estimate of drug-likeness (QED) is 0.256. The molecule has 0 saturated carbocycles. The molecule has 0 aliphatic heterocycles. The molecule has 0 heterocycles. The molecule has 0 rings (SSSR count). The zero-order valence-electron chi connectivity index (χ0n) is 9.71. The van der Waals surface area contributed by atoms with Crippen LogP contribution in [0, 0.1) is 0 Å². The SMILES string of the molecule is CCOP(=O)(CCCCCCI)OCC. The van der Waals surface area contributed by atoms with Gasteiger partial charge in [-0.3, -0.25) is 4.57 Å². The normalized spacial score (nSPS) is 11.9. The van der Waals surface area contributed by atoms with Gasteiger partial charge in [0.05, 0.1) is 19.4 Å². The van der Waals surface area contributed by atoms with Gasteiger partial charge in [0.25, 0.3) is 0 Å². The molecule has 0 bridgehead atoms. The van der Waals surface area contributed by atoms with Gasteiger partial charge in [-0.2, -0.15) is 0 Å². The van der Waals surface area contributed by atoms with Crippen LogP contribution in [0.5, 0.6) is 0 Å². The second kappa shape index (κ2) is 10.1. The fourth-order valence-electron chi connectivity index (χ4n) is 1.31. The molecule has 92 valence electrons. The van der Waals surface area contributed by atoms with Crippen LogP contribution in [0.4, 0.5) is 0 Å². The van der Waals surface area contributed by atoms with Crippen molar-refractivity contribution in [1.29, 1.82) is 0 Å². The molecule has 0 aliphatic rings. The van der Waals surface area contributed by atoms with Crippen molar-refractivity contribution < 1.29 is 13.6 Å². The lowest BCUT2D eigenvalue weighted by molar-refractivity contribution is 0.219. The van der Waals surface area contributed by atoms with Gasteiger partial charge in [0, 0.05) is 0 Å². The van der Waals surface area contributed by atoms with Gasteiger partial charge in [0.1, 0.15) is 0 Å². The Balaban J connectivity index is 3.71. The van der Waals surface area contributed by atoms with Crippen LogP contribution in [0.1, 0.15) is 39.5 Å². The van der Waals surface area contributed by atoms with Gasteiger partial charge in [-0.1, -0.05) is 35.4 Å². The molecule has 0 atom stereocenters. The fraction of sp³-hybridized carbons (Fsp3) is 1.00. The highest BCUT2D eigenvalue weighted by Gasteiger charge is 2.22. The highest BCUT2D eigenvalue weighted by molar-refractivity contribution is 14.1. The number of alkyl halides is 1. The predicted octanol–water partition coefficient (Wildman–Crippen LogP) is 4.25. The summed E-state index contributed by atoms with van der Waals surface area (Å²) in [5, 5.41) is 0. The summed E-state index contributed by atoms with van der Waals surface area (Å²) in [5.74, 6) is 0. The summed E-state index contributed by atoms with van der Waals surface area (Å²) in [6.45, 7) is 4.62. The van der Waals surface area contributed by atoms with E-state index >= 15 is 0 Å². The largest absolute Gasteiger partial charge is 0.330 e. The Morgan fingerprint density at radius 3 is 2.00 bits per heavy atom. The van der Waals surface area contributed by atoms with E-state index in [1.54, 1.807) is 0 Å². The van der Waals surface area contributed by atoms with Crippen molar-refractivity contribution in [3.63, 3.8) is 0 Å². The number of unbranched alkanes of at least 4 members (excludes halogenated alkanes) is 3. The summed E-state index contributed by atoms with van der Waals surface area (Å²) < 4.78 is 23.6. The first-order valence-corrected chi connectivity index (χ1v) is 8.88. The van der Waals surface area contributed by atoms with E-state index in [9.17, 15) is 4.57 Å². The minimum atomic E-state index is -2.77. The van der Waals surface area contributed by atoms with E-state index in [-0.39, 0.29) is 0 Å². The second-order valence-corrected chi connectivity index (χ2v) is 6.54. The van der Waals surface area contributed by atoms with E-state index in [4.69, 9.17) is 9.05 Å². The van der Waals surface area contributed by atoms with E-state index in [2.05, 4.69) is 22.6 Å². The van der Waals surface area contributed by atoms with Crippen LogP contribution in [0.25, 0.3) is 0 Å². The summed E-state index contributed by atoms with van der Waals surface area (Å²) in [6, 6.07) is 0. The fourth-order valence-corrected chi connectivity index (χ4v) is 3.58. The van der Waals surface area contributed by atoms with Crippen LogP contribution in [-0.2, 0) is 13.6 Å². The highest BCUT2D eigenvalue weighted by Crippen LogP contribution is 2.48. The average Bonchev–Trinajstić information content (AvgIpc) is 2.18. The third kappa shape index (κ3) is 8.66. The van der Waals surface area contributed by atoms with Gasteiger partial charge < -0.3 is 9.05 Å². The third-order valence-electron chi connectivity index (χ3n) is 1.97. The van der Waals surface area contributed by atoms with Crippen LogP contribution in [0.3, 0.4) is 0 Å². The maximum atomic E-state index is 12.0. The summed E-state index contributed by atoms with van der Waals surface area (Å²) in [7, 11) is -2.77. The summed E-state index contributed by atoms with van der Waals surface area (Å²) in [6.07, 6.45) is 5.08. The predicted molar refractivity (Wildman–Crippen MR) is 73.1 cm³/mol. The van der Waals surface area contributed by atoms with Gasteiger partial charge in [0.15, 0.2) is 0 Å². The molecular formula is C10H22IO3P. The number of hydrogen-bond acceptors (Lipinski definition) is 3. The Hall–Kier alpha value is 0.880. The Morgan fingerprint density at radius 1 is 1.00 bits per heavy atom. The topological polar surface area (TPSA) is 35.5 Å². The average molecular weight is 348 g/mol. The van der Waals surface area contributed by atoms with Gasteiger partial charge in [-0.15, -0.1) is 0 Å². The first-order valence-electron chi connectivity index (χ1n) is 5.62. The lowest BCUT2D eigenvalue weighted by Gasteiger charge is -2.16. The Bertz CT molecular complexity index is 178. The summed E-state index contributed by atoms with van der Waals surface area (Å²) in [5.41, 5.74) is 0. The van der Waals surface area contributed by atoms with Gasteiger partial charge in [-0.25, -0.2) is 0 Å². The van der Waals surface area contributed by atoms with Crippen molar-refractivity contribution in [2.45, 2.75) is 39.5 Å². The number of hydrogen-bond donors (Lipinski definition) is 0. The molecule has 0 spiro atoms. The van der Waals surface area contributed by atoms with Crippen molar-refractivity contribution in [2.24, 2.45) is 0 Å². The van der Waals surface area contributed by atoms with E-state index in [0.717, 1.165) is 12.8 Å². The Morgan fingerprint density at radius 2 is 1.53 bits per heavy atom. The second-order valence-electron chi connectivity index (χ2n) is 3.27. The molecule has 0 radical (unpaired) electrons. The molecule has 0 aliphatic carbocycles. The first kappa shape index (κ1) is 15.9. The molecular weight excluding hydrogens is 326 g/mol. The molecule has 0 fully saturated rings. The minimum Gasteiger partial charge on any atom is -0.309 e. The Labute approximate surface area is 107 Å². The van der Waals surface area contributed by atoms with Gasteiger partial charge in [-0.05, 0) is 31.1 Å².